The molecule has 2 N–H and O–H groups in total. The summed E-state index contributed by atoms with van der Waals surface area (Å²) in [6.07, 6.45) is -1.08. The number of aliphatic hydroxyl groups is 1. The zero-order valence-electron chi connectivity index (χ0n) is 9.91. The summed E-state index contributed by atoms with van der Waals surface area (Å²) in [5, 5.41) is 12.7. The van der Waals surface area contributed by atoms with Crippen molar-refractivity contribution < 1.29 is 18.6 Å². The number of nitrogens with one attached hydrogen (secondary N) is 1. The third kappa shape index (κ3) is 4.38. The minimum atomic E-state index is -1.08. The van der Waals surface area contributed by atoms with Crippen molar-refractivity contribution in [1.29, 1.82) is 0 Å². The highest BCUT2D eigenvalue weighted by atomic mass is 19.1. The quantitative estimate of drug-likeness (QED) is 0.800. The van der Waals surface area contributed by atoms with E-state index in [1.807, 2.05) is 6.92 Å². The summed E-state index contributed by atoms with van der Waals surface area (Å²) in [5.74, 6) is -1.18. The van der Waals surface area contributed by atoms with Crippen molar-refractivity contribution in [2.75, 3.05) is 20.3 Å². The van der Waals surface area contributed by atoms with Crippen LogP contribution in [0.5, 0.6) is 0 Å². The van der Waals surface area contributed by atoms with Gasteiger partial charge in [-0.1, -0.05) is 0 Å². The van der Waals surface area contributed by atoms with E-state index < -0.39 is 17.7 Å². The maximum Gasteiger partial charge on any atom is 0.129 e. The molecule has 1 rings (SSSR count). The molecule has 1 aromatic rings. The van der Waals surface area contributed by atoms with E-state index in [4.69, 9.17) is 4.74 Å². The molecule has 2 unspecified atom stereocenters. The molecule has 0 bridgehead atoms. The Hall–Kier alpha value is -1.04. The van der Waals surface area contributed by atoms with Crippen molar-refractivity contribution in [1.82, 2.24) is 5.32 Å². The lowest BCUT2D eigenvalue weighted by molar-refractivity contribution is 0.141. The van der Waals surface area contributed by atoms with Gasteiger partial charge in [-0.05, 0) is 25.1 Å². The summed E-state index contributed by atoms with van der Waals surface area (Å²) in [4.78, 5) is 0. The highest BCUT2D eigenvalue weighted by Crippen LogP contribution is 2.17. The largest absolute Gasteiger partial charge is 0.387 e. The van der Waals surface area contributed by atoms with Crippen LogP contribution in [0.3, 0.4) is 0 Å². The van der Waals surface area contributed by atoms with Gasteiger partial charge in [-0.15, -0.1) is 0 Å². The lowest BCUT2D eigenvalue weighted by Crippen LogP contribution is -2.33. The van der Waals surface area contributed by atoms with Gasteiger partial charge in [-0.2, -0.15) is 0 Å². The molecule has 0 aromatic heterocycles. The van der Waals surface area contributed by atoms with Crippen molar-refractivity contribution in [3.63, 3.8) is 0 Å². The van der Waals surface area contributed by atoms with Crippen LogP contribution in [0.1, 0.15) is 18.6 Å². The van der Waals surface area contributed by atoms with E-state index in [1.54, 1.807) is 7.11 Å². The molecule has 0 spiro atoms. The first-order valence-electron chi connectivity index (χ1n) is 5.40. The van der Waals surface area contributed by atoms with E-state index in [-0.39, 0.29) is 18.2 Å². The summed E-state index contributed by atoms with van der Waals surface area (Å²) in [6.45, 7) is 2.50. The van der Waals surface area contributed by atoms with Gasteiger partial charge in [0.15, 0.2) is 0 Å². The van der Waals surface area contributed by atoms with Crippen LogP contribution in [0.2, 0.25) is 0 Å². The second kappa shape index (κ2) is 6.64. The first-order chi connectivity index (χ1) is 8.04. The number of hydrogen-bond donors (Lipinski definition) is 2. The maximum atomic E-state index is 13.3. The van der Waals surface area contributed by atoms with E-state index in [0.717, 1.165) is 18.2 Å². The van der Waals surface area contributed by atoms with Crippen LogP contribution in [0.15, 0.2) is 18.2 Å². The maximum absolute atomic E-state index is 13.3. The standard InChI is InChI=1S/C12H17F2NO2/c1-8(7-17-2)15-6-12(16)10-5-9(13)3-4-11(10)14/h3-5,8,12,15-16H,6-7H2,1-2H3. The molecular formula is C12H17F2NO2. The number of methoxy groups -OCH3 is 1. The van der Waals surface area contributed by atoms with Crippen molar-refractivity contribution in [3.05, 3.63) is 35.4 Å². The third-order valence-electron chi connectivity index (χ3n) is 2.39. The van der Waals surface area contributed by atoms with E-state index in [2.05, 4.69) is 5.32 Å². The van der Waals surface area contributed by atoms with Gasteiger partial charge in [0.05, 0.1) is 12.7 Å². The molecular weight excluding hydrogens is 228 g/mol. The normalized spacial score (nSPS) is 14.6. The number of benzene rings is 1. The fourth-order valence-electron chi connectivity index (χ4n) is 1.50. The van der Waals surface area contributed by atoms with Gasteiger partial charge in [-0.3, -0.25) is 0 Å². The fraction of sp³-hybridized carbons (Fsp3) is 0.500. The number of aliphatic hydroxyl groups excluding tert-OH is 1. The third-order valence-corrected chi connectivity index (χ3v) is 2.39. The van der Waals surface area contributed by atoms with Crippen molar-refractivity contribution in [3.8, 4) is 0 Å². The lowest BCUT2D eigenvalue weighted by Gasteiger charge is -2.17. The molecule has 2 atom stereocenters. The molecule has 0 saturated heterocycles. The molecule has 0 heterocycles. The van der Waals surface area contributed by atoms with E-state index in [1.165, 1.54) is 0 Å². The zero-order valence-corrected chi connectivity index (χ0v) is 9.91. The first kappa shape index (κ1) is 14.0. The molecule has 0 aliphatic rings. The average molecular weight is 245 g/mol. The molecule has 0 saturated carbocycles. The Balaban J connectivity index is 2.57. The summed E-state index contributed by atoms with van der Waals surface area (Å²) >= 11 is 0. The van der Waals surface area contributed by atoms with Crippen LogP contribution in [-0.4, -0.2) is 31.4 Å². The smallest absolute Gasteiger partial charge is 0.129 e. The molecule has 0 aliphatic carbocycles. The Morgan fingerprint density at radius 2 is 2.12 bits per heavy atom. The van der Waals surface area contributed by atoms with Gasteiger partial charge in [0.1, 0.15) is 11.6 Å². The summed E-state index contributed by atoms with van der Waals surface area (Å²) in [6, 6.07) is 3.06. The Labute approximate surface area is 99.4 Å². The van der Waals surface area contributed by atoms with Crippen LogP contribution < -0.4 is 5.32 Å². The second-order valence-corrected chi connectivity index (χ2v) is 3.95. The van der Waals surface area contributed by atoms with Crippen LogP contribution in [0.25, 0.3) is 0 Å². The monoisotopic (exact) mass is 245 g/mol. The predicted molar refractivity (Wildman–Crippen MR) is 60.7 cm³/mol. The number of ether oxygens (including phenoxy) is 1. The van der Waals surface area contributed by atoms with Crippen molar-refractivity contribution in [2.45, 2.75) is 19.1 Å². The average Bonchev–Trinajstić information content (AvgIpc) is 2.29. The van der Waals surface area contributed by atoms with E-state index in [0.29, 0.717) is 6.61 Å². The predicted octanol–water partition coefficient (Wildman–Crippen LogP) is 1.62. The number of halogens is 2. The van der Waals surface area contributed by atoms with E-state index in [9.17, 15) is 13.9 Å². The van der Waals surface area contributed by atoms with Crippen LogP contribution in [0, 0.1) is 11.6 Å². The van der Waals surface area contributed by atoms with Crippen LogP contribution >= 0.6 is 0 Å². The van der Waals surface area contributed by atoms with Crippen molar-refractivity contribution in [2.24, 2.45) is 0 Å². The molecule has 0 fully saturated rings. The molecule has 1 aromatic carbocycles. The number of hydrogen-bond acceptors (Lipinski definition) is 3. The molecule has 0 aliphatic heterocycles. The Kier molecular flexibility index (Phi) is 5.47. The van der Waals surface area contributed by atoms with Gasteiger partial charge >= 0.3 is 0 Å². The molecule has 96 valence electrons. The van der Waals surface area contributed by atoms with Gasteiger partial charge in [0, 0.05) is 25.3 Å². The Morgan fingerprint density at radius 3 is 2.76 bits per heavy atom. The van der Waals surface area contributed by atoms with E-state index >= 15 is 0 Å². The molecule has 17 heavy (non-hydrogen) atoms. The first-order valence-corrected chi connectivity index (χ1v) is 5.40. The van der Waals surface area contributed by atoms with Gasteiger partial charge in [0.2, 0.25) is 0 Å². The highest BCUT2D eigenvalue weighted by Gasteiger charge is 2.14. The molecule has 0 radical (unpaired) electrons. The Morgan fingerprint density at radius 1 is 1.41 bits per heavy atom. The molecule has 5 heteroatoms. The number of rotatable bonds is 6. The van der Waals surface area contributed by atoms with Crippen LogP contribution in [0.4, 0.5) is 8.78 Å². The minimum Gasteiger partial charge on any atom is -0.387 e. The van der Waals surface area contributed by atoms with Crippen molar-refractivity contribution >= 4 is 0 Å². The topological polar surface area (TPSA) is 41.5 Å². The Bertz CT molecular complexity index is 360. The van der Waals surface area contributed by atoms with Gasteiger partial charge < -0.3 is 15.2 Å². The summed E-state index contributed by atoms with van der Waals surface area (Å²) in [7, 11) is 1.57. The summed E-state index contributed by atoms with van der Waals surface area (Å²) in [5.41, 5.74) is -0.0397. The zero-order chi connectivity index (χ0) is 12.8. The molecule has 0 amide bonds. The highest BCUT2D eigenvalue weighted by molar-refractivity contribution is 5.21. The van der Waals surface area contributed by atoms with Gasteiger partial charge in [-0.25, -0.2) is 8.78 Å². The second-order valence-electron chi connectivity index (χ2n) is 3.95. The van der Waals surface area contributed by atoms with Crippen LogP contribution in [-0.2, 0) is 4.74 Å². The fourth-order valence-corrected chi connectivity index (χ4v) is 1.50. The lowest BCUT2D eigenvalue weighted by atomic mass is 10.1. The minimum absolute atomic E-state index is 0.0336. The summed E-state index contributed by atoms with van der Waals surface area (Å²) < 4.78 is 31.1. The SMILES string of the molecule is COCC(C)NCC(O)c1cc(F)ccc1F. The van der Waals surface area contributed by atoms with Gasteiger partial charge in [0.25, 0.3) is 0 Å². The molecule has 3 nitrogen and oxygen atoms in total.